The van der Waals surface area contributed by atoms with E-state index in [2.05, 4.69) is 16.8 Å². The Kier molecular flexibility index (Phi) is 5.78. The zero-order chi connectivity index (χ0) is 18.7. The topological polar surface area (TPSA) is 78.4 Å². The third-order valence-corrected chi connectivity index (χ3v) is 5.12. The molecule has 1 aromatic heterocycles. The monoisotopic (exact) mass is 378 g/mol. The Bertz CT molecular complexity index is 913. The first-order valence-electron chi connectivity index (χ1n) is 8.92. The Hall–Kier alpha value is -2.12. The fraction of sp³-hybridized carbons (Fsp3) is 0.500. The fourth-order valence-electron chi connectivity index (χ4n) is 3.29. The van der Waals surface area contributed by atoms with Crippen LogP contribution in [0.5, 0.6) is 0 Å². The molecule has 0 atom stereocenters. The molecule has 2 heterocycles. The van der Waals surface area contributed by atoms with E-state index in [0.717, 1.165) is 37.3 Å². The molecule has 0 unspecified atom stereocenters. The van der Waals surface area contributed by atoms with Crippen LogP contribution >= 0.6 is 11.6 Å². The van der Waals surface area contributed by atoms with Crippen molar-refractivity contribution in [2.24, 2.45) is 0 Å². The summed E-state index contributed by atoms with van der Waals surface area (Å²) in [7, 11) is 0. The predicted octanol–water partition coefficient (Wildman–Crippen LogP) is 1.29. The molecule has 1 amide bonds. The summed E-state index contributed by atoms with van der Waals surface area (Å²) in [5.74, 6) is 0.0813. The first-order valence-corrected chi connectivity index (χ1v) is 9.30. The molecule has 0 bridgehead atoms. The predicted molar refractivity (Wildman–Crippen MR) is 102 cm³/mol. The van der Waals surface area contributed by atoms with Crippen LogP contribution in [0.4, 0.5) is 0 Å². The number of benzene rings is 1. The van der Waals surface area contributed by atoms with Gasteiger partial charge in [-0.25, -0.2) is 4.79 Å². The molecule has 1 aromatic carbocycles. The number of aromatic nitrogens is 2. The van der Waals surface area contributed by atoms with E-state index in [-0.39, 0.29) is 18.0 Å². The lowest BCUT2D eigenvalue weighted by molar-refractivity contribution is -0.133. The van der Waals surface area contributed by atoms with Crippen molar-refractivity contribution in [2.75, 3.05) is 32.7 Å². The van der Waals surface area contributed by atoms with E-state index in [1.165, 1.54) is 0 Å². The number of amides is 1. The summed E-state index contributed by atoms with van der Waals surface area (Å²) >= 11 is 5.90. The summed E-state index contributed by atoms with van der Waals surface area (Å²) in [5.41, 5.74) is -0.410. The number of piperazine rings is 1. The molecular formula is C18H23ClN4O3. The van der Waals surface area contributed by atoms with Crippen LogP contribution in [0.2, 0.25) is 5.02 Å². The van der Waals surface area contributed by atoms with Gasteiger partial charge >= 0.3 is 5.69 Å². The van der Waals surface area contributed by atoms with Crippen molar-refractivity contribution in [3.63, 3.8) is 0 Å². The molecule has 140 valence electrons. The summed E-state index contributed by atoms with van der Waals surface area (Å²) in [4.78, 5) is 43.9. The van der Waals surface area contributed by atoms with E-state index in [0.29, 0.717) is 28.8 Å². The molecule has 1 N–H and O–H groups in total. The Morgan fingerprint density at radius 2 is 1.92 bits per heavy atom. The summed E-state index contributed by atoms with van der Waals surface area (Å²) in [6.07, 6.45) is 0.783. The van der Waals surface area contributed by atoms with E-state index < -0.39 is 5.69 Å². The largest absolute Gasteiger partial charge is 0.340 e. The number of nitrogens with one attached hydrogen (secondary N) is 1. The van der Waals surface area contributed by atoms with E-state index in [4.69, 9.17) is 11.6 Å². The van der Waals surface area contributed by atoms with Gasteiger partial charge in [0.1, 0.15) is 0 Å². The standard InChI is InChI=1S/C18H23ClN4O3/c1-2-21-8-10-22(11-9-21)16(24)4-3-7-23-17(25)14-6-5-13(19)12-15(14)20-18(23)26/h5-6,12H,2-4,7-11H2,1H3,(H,20,26). The first kappa shape index (κ1) is 18.7. The van der Waals surface area contributed by atoms with Gasteiger partial charge in [-0.3, -0.25) is 14.2 Å². The van der Waals surface area contributed by atoms with Crippen LogP contribution in [0.25, 0.3) is 10.9 Å². The SMILES string of the molecule is CCN1CCN(C(=O)CCCn2c(=O)[nH]c3cc(Cl)ccc3c2=O)CC1. The number of nitrogens with zero attached hydrogens (tertiary/aromatic N) is 3. The molecule has 3 rings (SSSR count). The van der Waals surface area contributed by atoms with Gasteiger partial charge in [0.2, 0.25) is 5.91 Å². The van der Waals surface area contributed by atoms with Gasteiger partial charge in [0.15, 0.2) is 0 Å². The summed E-state index contributed by atoms with van der Waals surface area (Å²) < 4.78 is 1.15. The van der Waals surface area contributed by atoms with Gasteiger partial charge in [0.05, 0.1) is 10.9 Å². The lowest BCUT2D eigenvalue weighted by atomic mass is 10.2. The summed E-state index contributed by atoms with van der Waals surface area (Å²) in [6.45, 7) is 6.61. The molecule has 2 aromatic rings. The molecule has 1 fully saturated rings. The third-order valence-electron chi connectivity index (χ3n) is 4.89. The Morgan fingerprint density at radius 3 is 2.62 bits per heavy atom. The molecule has 7 nitrogen and oxygen atoms in total. The number of rotatable bonds is 5. The molecule has 0 aliphatic carbocycles. The van der Waals surface area contributed by atoms with E-state index in [9.17, 15) is 14.4 Å². The van der Waals surface area contributed by atoms with Crippen molar-refractivity contribution >= 4 is 28.4 Å². The maximum Gasteiger partial charge on any atom is 0.328 e. The highest BCUT2D eigenvalue weighted by molar-refractivity contribution is 6.31. The molecular weight excluding hydrogens is 356 g/mol. The molecule has 1 saturated heterocycles. The van der Waals surface area contributed by atoms with Crippen molar-refractivity contribution in [3.05, 3.63) is 44.1 Å². The molecule has 1 aliphatic rings. The lowest BCUT2D eigenvalue weighted by Gasteiger charge is -2.34. The number of carbonyl (C=O) groups excluding carboxylic acids is 1. The van der Waals surface area contributed by atoms with Gasteiger partial charge in [-0.2, -0.15) is 0 Å². The lowest BCUT2D eigenvalue weighted by Crippen LogP contribution is -2.48. The highest BCUT2D eigenvalue weighted by Gasteiger charge is 2.19. The van der Waals surface area contributed by atoms with Crippen LogP contribution in [0.15, 0.2) is 27.8 Å². The number of hydrogen-bond acceptors (Lipinski definition) is 4. The second kappa shape index (κ2) is 8.05. The average molecular weight is 379 g/mol. The van der Waals surface area contributed by atoms with E-state index >= 15 is 0 Å². The van der Waals surface area contributed by atoms with E-state index in [1.807, 2.05) is 4.90 Å². The van der Waals surface area contributed by atoms with E-state index in [1.54, 1.807) is 18.2 Å². The zero-order valence-electron chi connectivity index (χ0n) is 14.8. The fourth-order valence-corrected chi connectivity index (χ4v) is 3.46. The number of hydrogen-bond donors (Lipinski definition) is 1. The van der Waals surface area contributed by atoms with Crippen LogP contribution < -0.4 is 11.2 Å². The van der Waals surface area contributed by atoms with Gasteiger partial charge < -0.3 is 14.8 Å². The number of fused-ring (bicyclic) bond motifs is 1. The van der Waals surface area contributed by atoms with Crippen LogP contribution in [0.1, 0.15) is 19.8 Å². The minimum Gasteiger partial charge on any atom is -0.340 e. The minimum atomic E-state index is -0.478. The number of halogens is 1. The molecule has 0 saturated carbocycles. The number of likely N-dealkylation sites (N-methyl/N-ethyl adjacent to an activating group) is 1. The highest BCUT2D eigenvalue weighted by atomic mass is 35.5. The van der Waals surface area contributed by atoms with Crippen molar-refractivity contribution in [3.8, 4) is 0 Å². The van der Waals surface area contributed by atoms with Crippen molar-refractivity contribution in [1.29, 1.82) is 0 Å². The molecule has 0 radical (unpaired) electrons. The molecule has 26 heavy (non-hydrogen) atoms. The van der Waals surface area contributed by atoms with Crippen LogP contribution in [-0.2, 0) is 11.3 Å². The Labute approximate surface area is 156 Å². The first-order chi connectivity index (χ1) is 12.5. The molecule has 0 spiro atoms. The maximum absolute atomic E-state index is 12.5. The Morgan fingerprint density at radius 1 is 1.19 bits per heavy atom. The number of carbonyl (C=O) groups is 1. The van der Waals surface area contributed by atoms with Gasteiger partial charge in [-0.1, -0.05) is 18.5 Å². The Balaban J connectivity index is 1.63. The summed E-state index contributed by atoms with van der Waals surface area (Å²) in [6, 6.07) is 4.78. The van der Waals surface area contributed by atoms with Gasteiger partial charge in [-0.15, -0.1) is 0 Å². The van der Waals surface area contributed by atoms with Gasteiger partial charge in [0.25, 0.3) is 5.56 Å². The quantitative estimate of drug-likeness (QED) is 0.850. The second-order valence-corrected chi connectivity index (χ2v) is 6.93. The smallest absolute Gasteiger partial charge is 0.328 e. The van der Waals surface area contributed by atoms with Crippen LogP contribution in [0, 0.1) is 0 Å². The van der Waals surface area contributed by atoms with Crippen molar-refractivity contribution in [1.82, 2.24) is 19.4 Å². The van der Waals surface area contributed by atoms with Crippen LogP contribution in [-0.4, -0.2) is 58.0 Å². The molecule has 8 heteroatoms. The highest BCUT2D eigenvalue weighted by Crippen LogP contribution is 2.13. The van der Waals surface area contributed by atoms with Gasteiger partial charge in [0, 0.05) is 44.2 Å². The van der Waals surface area contributed by atoms with Gasteiger partial charge in [-0.05, 0) is 31.2 Å². The van der Waals surface area contributed by atoms with Crippen molar-refractivity contribution in [2.45, 2.75) is 26.3 Å². The van der Waals surface area contributed by atoms with Crippen LogP contribution in [0.3, 0.4) is 0 Å². The average Bonchev–Trinajstić information content (AvgIpc) is 2.64. The number of aromatic amines is 1. The molecule has 1 aliphatic heterocycles. The normalized spacial score (nSPS) is 15.5. The second-order valence-electron chi connectivity index (χ2n) is 6.50. The maximum atomic E-state index is 12.5. The number of H-pyrrole nitrogens is 1. The summed E-state index contributed by atoms with van der Waals surface area (Å²) in [5, 5.41) is 0.870. The van der Waals surface area contributed by atoms with Crippen molar-refractivity contribution < 1.29 is 4.79 Å². The third kappa shape index (κ3) is 3.99. The zero-order valence-corrected chi connectivity index (χ0v) is 15.6. The minimum absolute atomic E-state index is 0.0813.